The Labute approximate surface area is 127 Å². The second-order valence-electron chi connectivity index (χ2n) is 6.80. The van der Waals surface area contributed by atoms with E-state index in [4.69, 9.17) is 15.2 Å². The standard InChI is InChI=1S/C18H27NO2/c1-13-5-6-17(16(11-13)14(2)19)21-15-7-10-20-18(12-15)8-3-4-9-18/h5-6,11,14-15H,3-4,7-10,12,19H2,1-2H3/t14-,15?/m0/s1. The summed E-state index contributed by atoms with van der Waals surface area (Å²) in [6, 6.07) is 6.32. The van der Waals surface area contributed by atoms with Crippen LogP contribution < -0.4 is 10.5 Å². The lowest BCUT2D eigenvalue weighted by atomic mass is 9.90. The lowest BCUT2D eigenvalue weighted by Crippen LogP contribution is -2.41. The van der Waals surface area contributed by atoms with E-state index in [9.17, 15) is 0 Å². The van der Waals surface area contributed by atoms with Crippen molar-refractivity contribution in [3.05, 3.63) is 29.3 Å². The third-order valence-electron chi connectivity index (χ3n) is 4.91. The van der Waals surface area contributed by atoms with E-state index in [1.807, 2.05) is 6.92 Å². The van der Waals surface area contributed by atoms with Gasteiger partial charge in [0.05, 0.1) is 12.2 Å². The van der Waals surface area contributed by atoms with E-state index in [-0.39, 0.29) is 17.7 Å². The summed E-state index contributed by atoms with van der Waals surface area (Å²) in [5, 5.41) is 0. The van der Waals surface area contributed by atoms with Gasteiger partial charge in [-0.25, -0.2) is 0 Å². The van der Waals surface area contributed by atoms with Gasteiger partial charge in [0.2, 0.25) is 0 Å². The predicted molar refractivity (Wildman–Crippen MR) is 84.6 cm³/mol. The fraction of sp³-hybridized carbons (Fsp3) is 0.667. The maximum Gasteiger partial charge on any atom is 0.124 e. The van der Waals surface area contributed by atoms with Crippen LogP contribution >= 0.6 is 0 Å². The zero-order valence-electron chi connectivity index (χ0n) is 13.2. The van der Waals surface area contributed by atoms with Gasteiger partial charge in [-0.1, -0.05) is 30.5 Å². The Kier molecular flexibility index (Phi) is 4.23. The topological polar surface area (TPSA) is 44.5 Å². The highest BCUT2D eigenvalue weighted by Gasteiger charge is 2.40. The number of hydrogen-bond donors (Lipinski definition) is 1. The number of hydrogen-bond acceptors (Lipinski definition) is 3. The quantitative estimate of drug-likeness (QED) is 0.918. The summed E-state index contributed by atoms with van der Waals surface area (Å²) in [4.78, 5) is 0. The molecule has 3 heteroatoms. The summed E-state index contributed by atoms with van der Waals surface area (Å²) in [7, 11) is 0. The van der Waals surface area contributed by atoms with Gasteiger partial charge in [0.25, 0.3) is 0 Å². The Morgan fingerprint density at radius 3 is 2.81 bits per heavy atom. The highest BCUT2D eigenvalue weighted by Crippen LogP contribution is 2.41. The van der Waals surface area contributed by atoms with Crippen LogP contribution in [-0.2, 0) is 4.74 Å². The van der Waals surface area contributed by atoms with Crippen molar-refractivity contribution >= 4 is 0 Å². The molecule has 1 unspecified atom stereocenters. The van der Waals surface area contributed by atoms with Gasteiger partial charge in [0.1, 0.15) is 11.9 Å². The number of aryl methyl sites for hydroxylation is 1. The minimum atomic E-state index is 0.000168. The largest absolute Gasteiger partial charge is 0.490 e. The maximum absolute atomic E-state index is 6.33. The number of nitrogens with two attached hydrogens (primary N) is 1. The van der Waals surface area contributed by atoms with Gasteiger partial charge in [0, 0.05) is 24.4 Å². The van der Waals surface area contributed by atoms with Crippen LogP contribution in [0.15, 0.2) is 18.2 Å². The molecule has 2 atom stereocenters. The van der Waals surface area contributed by atoms with Crippen LogP contribution in [0.4, 0.5) is 0 Å². The first-order chi connectivity index (χ1) is 10.1. The second-order valence-corrected chi connectivity index (χ2v) is 6.80. The molecule has 2 N–H and O–H groups in total. The molecule has 1 aliphatic carbocycles. The molecule has 0 radical (unpaired) electrons. The Morgan fingerprint density at radius 2 is 2.10 bits per heavy atom. The first-order valence-corrected chi connectivity index (χ1v) is 8.25. The molecule has 1 aromatic rings. The van der Waals surface area contributed by atoms with Crippen molar-refractivity contribution in [2.24, 2.45) is 5.73 Å². The Bertz CT molecular complexity index is 492. The van der Waals surface area contributed by atoms with Crippen molar-refractivity contribution < 1.29 is 9.47 Å². The van der Waals surface area contributed by atoms with E-state index in [0.29, 0.717) is 0 Å². The summed E-state index contributed by atoms with van der Waals surface area (Å²) in [6.45, 7) is 4.94. The van der Waals surface area contributed by atoms with Gasteiger partial charge < -0.3 is 15.2 Å². The molecule has 0 aromatic heterocycles. The summed E-state index contributed by atoms with van der Waals surface area (Å²) < 4.78 is 12.4. The summed E-state index contributed by atoms with van der Waals surface area (Å²) >= 11 is 0. The molecule has 1 saturated heterocycles. The molecule has 1 spiro atoms. The third kappa shape index (κ3) is 3.24. The fourth-order valence-corrected chi connectivity index (χ4v) is 3.76. The van der Waals surface area contributed by atoms with E-state index < -0.39 is 0 Å². The Hall–Kier alpha value is -1.06. The van der Waals surface area contributed by atoms with E-state index in [0.717, 1.165) is 30.8 Å². The molecule has 116 valence electrons. The molecule has 3 rings (SSSR count). The minimum absolute atomic E-state index is 0.000168. The van der Waals surface area contributed by atoms with Gasteiger partial charge in [0.15, 0.2) is 0 Å². The third-order valence-corrected chi connectivity index (χ3v) is 4.91. The summed E-state index contributed by atoms with van der Waals surface area (Å²) in [6.07, 6.45) is 7.25. The lowest BCUT2D eigenvalue weighted by Gasteiger charge is -2.38. The molecule has 1 saturated carbocycles. The maximum atomic E-state index is 6.33. The Balaban J connectivity index is 1.74. The first kappa shape index (κ1) is 14.9. The van der Waals surface area contributed by atoms with E-state index in [1.165, 1.54) is 31.2 Å². The van der Waals surface area contributed by atoms with Crippen molar-refractivity contribution in [1.29, 1.82) is 0 Å². The summed E-state index contributed by atoms with van der Waals surface area (Å²) in [5.41, 5.74) is 8.54. The Morgan fingerprint density at radius 1 is 1.33 bits per heavy atom. The smallest absolute Gasteiger partial charge is 0.124 e. The second kappa shape index (κ2) is 5.98. The molecule has 2 aliphatic rings. The zero-order chi connectivity index (χ0) is 14.9. The van der Waals surface area contributed by atoms with Crippen LogP contribution in [0.2, 0.25) is 0 Å². The van der Waals surface area contributed by atoms with Crippen molar-refractivity contribution in [3.8, 4) is 5.75 Å². The minimum Gasteiger partial charge on any atom is -0.490 e. The predicted octanol–water partition coefficient (Wildman–Crippen LogP) is 3.89. The molecular weight excluding hydrogens is 262 g/mol. The average molecular weight is 289 g/mol. The van der Waals surface area contributed by atoms with Crippen molar-refractivity contribution in [3.63, 3.8) is 0 Å². The van der Waals surface area contributed by atoms with Gasteiger partial charge in [-0.15, -0.1) is 0 Å². The molecule has 1 heterocycles. The van der Waals surface area contributed by atoms with Gasteiger partial charge in [-0.2, -0.15) is 0 Å². The van der Waals surface area contributed by atoms with Gasteiger partial charge in [-0.3, -0.25) is 0 Å². The van der Waals surface area contributed by atoms with Crippen LogP contribution in [0.25, 0.3) is 0 Å². The molecule has 1 aromatic carbocycles. The monoisotopic (exact) mass is 289 g/mol. The highest BCUT2D eigenvalue weighted by atomic mass is 16.5. The molecule has 2 fully saturated rings. The molecule has 21 heavy (non-hydrogen) atoms. The van der Waals surface area contributed by atoms with Crippen LogP contribution in [-0.4, -0.2) is 18.3 Å². The van der Waals surface area contributed by atoms with Gasteiger partial charge in [-0.05, 0) is 32.8 Å². The van der Waals surface area contributed by atoms with Crippen LogP contribution in [0.5, 0.6) is 5.75 Å². The molecule has 0 amide bonds. The zero-order valence-corrected chi connectivity index (χ0v) is 13.2. The fourth-order valence-electron chi connectivity index (χ4n) is 3.76. The number of ether oxygens (including phenoxy) is 2. The van der Waals surface area contributed by atoms with E-state index in [1.54, 1.807) is 0 Å². The molecule has 3 nitrogen and oxygen atoms in total. The normalized spacial score (nSPS) is 26.0. The highest BCUT2D eigenvalue weighted by molar-refractivity contribution is 5.39. The molecule has 1 aliphatic heterocycles. The van der Waals surface area contributed by atoms with Gasteiger partial charge >= 0.3 is 0 Å². The first-order valence-electron chi connectivity index (χ1n) is 8.25. The van der Waals surface area contributed by atoms with Crippen LogP contribution in [0.1, 0.15) is 62.6 Å². The van der Waals surface area contributed by atoms with Crippen LogP contribution in [0.3, 0.4) is 0 Å². The SMILES string of the molecule is Cc1ccc(OC2CCOC3(CCCC3)C2)c([C@H](C)N)c1. The number of benzene rings is 1. The summed E-state index contributed by atoms with van der Waals surface area (Å²) in [5.74, 6) is 0.954. The van der Waals surface area contributed by atoms with E-state index >= 15 is 0 Å². The van der Waals surface area contributed by atoms with E-state index in [2.05, 4.69) is 25.1 Å². The van der Waals surface area contributed by atoms with Crippen molar-refractivity contribution in [2.75, 3.05) is 6.61 Å². The molecular formula is C18H27NO2. The van der Waals surface area contributed by atoms with Crippen LogP contribution in [0, 0.1) is 6.92 Å². The van der Waals surface area contributed by atoms with Crippen molar-refractivity contribution in [2.45, 2.75) is 70.1 Å². The van der Waals surface area contributed by atoms with Crippen molar-refractivity contribution in [1.82, 2.24) is 0 Å². The lowest BCUT2D eigenvalue weighted by molar-refractivity contribution is -0.108. The molecule has 0 bridgehead atoms. The average Bonchev–Trinajstić information content (AvgIpc) is 2.88. The number of rotatable bonds is 3.